The second-order valence-corrected chi connectivity index (χ2v) is 7.29. The number of aromatic nitrogens is 2. The molecule has 0 saturated carbocycles. The van der Waals surface area contributed by atoms with Crippen molar-refractivity contribution in [1.29, 1.82) is 0 Å². The minimum Gasteiger partial charge on any atom is -0.370 e. The van der Waals surface area contributed by atoms with Gasteiger partial charge in [0.25, 0.3) is 5.56 Å². The Morgan fingerprint density at radius 1 is 1.10 bits per heavy atom. The number of rotatable bonds is 8. The van der Waals surface area contributed by atoms with E-state index in [1.807, 2.05) is 31.2 Å². The van der Waals surface area contributed by atoms with Gasteiger partial charge in [0.1, 0.15) is 0 Å². The van der Waals surface area contributed by atoms with Gasteiger partial charge in [-0.25, -0.2) is 4.98 Å². The number of primary amides is 1. The molecule has 0 atom stereocenters. The molecule has 0 aliphatic carbocycles. The normalized spacial score (nSPS) is 10.8. The second kappa shape index (κ2) is 9.38. The van der Waals surface area contributed by atoms with Crippen molar-refractivity contribution in [3.05, 3.63) is 65.0 Å². The number of carbonyl (C=O) groups is 2. The number of hydrogen-bond donors (Lipinski definition) is 1. The number of hydrogen-bond acceptors (Lipinski definition) is 5. The quantitative estimate of drug-likeness (QED) is 0.454. The number of benzene rings is 2. The first kappa shape index (κ1) is 20.6. The first-order chi connectivity index (χ1) is 14.0. The zero-order valence-electron chi connectivity index (χ0n) is 16.1. The van der Waals surface area contributed by atoms with Crippen LogP contribution >= 0.6 is 11.8 Å². The van der Waals surface area contributed by atoms with Crippen molar-refractivity contribution in [2.24, 2.45) is 5.73 Å². The fourth-order valence-corrected chi connectivity index (χ4v) is 3.91. The van der Waals surface area contributed by atoms with Gasteiger partial charge in [0, 0.05) is 25.2 Å². The Labute approximate surface area is 172 Å². The molecule has 2 amide bonds. The summed E-state index contributed by atoms with van der Waals surface area (Å²) in [5, 5.41) is 1.05. The molecule has 29 heavy (non-hydrogen) atoms. The largest absolute Gasteiger partial charge is 0.370 e. The van der Waals surface area contributed by atoms with Crippen molar-refractivity contribution in [3.63, 3.8) is 0 Å². The van der Waals surface area contributed by atoms with Gasteiger partial charge in [-0.1, -0.05) is 42.1 Å². The zero-order valence-corrected chi connectivity index (χ0v) is 16.9. The van der Waals surface area contributed by atoms with Gasteiger partial charge in [-0.15, -0.1) is 0 Å². The maximum atomic E-state index is 12.9. The van der Waals surface area contributed by atoms with E-state index in [9.17, 15) is 14.4 Å². The summed E-state index contributed by atoms with van der Waals surface area (Å²) in [4.78, 5) is 43.0. The van der Waals surface area contributed by atoms with Gasteiger partial charge < -0.3 is 10.6 Å². The molecule has 0 spiro atoms. The predicted octanol–water partition coefficient (Wildman–Crippen LogP) is 2.42. The molecule has 0 unspecified atom stereocenters. The molecule has 2 N–H and O–H groups in total. The van der Waals surface area contributed by atoms with E-state index in [0.29, 0.717) is 28.3 Å². The minimum absolute atomic E-state index is 0.0686. The van der Waals surface area contributed by atoms with Crippen LogP contribution in [0.2, 0.25) is 0 Å². The van der Waals surface area contributed by atoms with Gasteiger partial charge in [0.2, 0.25) is 11.8 Å². The summed E-state index contributed by atoms with van der Waals surface area (Å²) in [5.74, 6) is -0.576. The van der Waals surface area contributed by atoms with Crippen LogP contribution in [0, 0.1) is 0 Å². The number of nitrogens with two attached hydrogens (primary N) is 1. The van der Waals surface area contributed by atoms with Crippen LogP contribution in [0.15, 0.2) is 64.5 Å². The second-order valence-electron chi connectivity index (χ2n) is 6.35. The Morgan fingerprint density at radius 2 is 1.79 bits per heavy atom. The van der Waals surface area contributed by atoms with Crippen LogP contribution in [0.3, 0.4) is 0 Å². The lowest BCUT2D eigenvalue weighted by atomic mass is 10.2. The number of nitrogens with zero attached hydrogens (tertiary/aromatic N) is 3. The van der Waals surface area contributed by atoms with Crippen molar-refractivity contribution in [3.8, 4) is 0 Å². The number of para-hydroxylation sites is 2. The molecule has 1 aromatic heterocycles. The molecular weight excluding hydrogens is 388 g/mol. The molecule has 1 heterocycles. The summed E-state index contributed by atoms with van der Waals surface area (Å²) in [5.41, 5.74) is 6.43. The topological polar surface area (TPSA) is 98.3 Å². The highest BCUT2D eigenvalue weighted by Gasteiger charge is 2.18. The highest BCUT2D eigenvalue weighted by Crippen LogP contribution is 2.21. The Kier molecular flexibility index (Phi) is 6.66. The Bertz CT molecular complexity index is 1080. The summed E-state index contributed by atoms with van der Waals surface area (Å²) in [6.07, 6.45) is 0.0686. The molecule has 3 rings (SSSR count). The standard InChI is InChI=1S/C21H22N4O3S/c1-2-24-20(28)16-10-6-7-11-17(16)23-21(24)29-14-19(27)25(13-12-18(22)26)15-8-4-3-5-9-15/h3-11H,2,12-14H2,1H3,(H2,22,26). The highest BCUT2D eigenvalue weighted by atomic mass is 32.2. The molecule has 0 aliphatic heterocycles. The molecule has 7 nitrogen and oxygen atoms in total. The molecule has 0 fully saturated rings. The van der Waals surface area contributed by atoms with Gasteiger partial charge in [0.05, 0.1) is 16.7 Å². The van der Waals surface area contributed by atoms with E-state index in [-0.39, 0.29) is 30.2 Å². The summed E-state index contributed by atoms with van der Waals surface area (Å²) in [7, 11) is 0. The third kappa shape index (κ3) is 4.83. The van der Waals surface area contributed by atoms with Gasteiger partial charge >= 0.3 is 0 Å². The van der Waals surface area contributed by atoms with Crippen LogP contribution in [0.1, 0.15) is 13.3 Å². The van der Waals surface area contributed by atoms with E-state index >= 15 is 0 Å². The van der Waals surface area contributed by atoms with Crippen LogP contribution in [0.5, 0.6) is 0 Å². The monoisotopic (exact) mass is 410 g/mol. The predicted molar refractivity (Wildman–Crippen MR) is 115 cm³/mol. The fraction of sp³-hybridized carbons (Fsp3) is 0.238. The molecular formula is C21H22N4O3S. The van der Waals surface area contributed by atoms with Crippen LogP contribution in [-0.2, 0) is 16.1 Å². The number of anilines is 1. The number of fused-ring (bicyclic) bond motifs is 1. The van der Waals surface area contributed by atoms with Crippen LogP contribution in [0.4, 0.5) is 5.69 Å². The maximum Gasteiger partial charge on any atom is 0.262 e. The first-order valence-corrected chi connectivity index (χ1v) is 10.3. The van der Waals surface area contributed by atoms with E-state index in [2.05, 4.69) is 4.98 Å². The van der Waals surface area contributed by atoms with Crippen LogP contribution in [-0.4, -0.2) is 33.7 Å². The lowest BCUT2D eigenvalue weighted by Crippen LogP contribution is -2.35. The van der Waals surface area contributed by atoms with E-state index in [0.717, 1.165) is 0 Å². The van der Waals surface area contributed by atoms with Crippen molar-refractivity contribution >= 4 is 40.2 Å². The maximum absolute atomic E-state index is 12.9. The van der Waals surface area contributed by atoms with Gasteiger partial charge in [-0.2, -0.15) is 0 Å². The zero-order chi connectivity index (χ0) is 20.8. The summed E-state index contributed by atoms with van der Waals surface area (Å²) < 4.78 is 1.57. The lowest BCUT2D eigenvalue weighted by Gasteiger charge is -2.22. The molecule has 150 valence electrons. The molecule has 0 radical (unpaired) electrons. The lowest BCUT2D eigenvalue weighted by molar-refractivity contribution is -0.118. The Hall–Kier alpha value is -3.13. The average molecular weight is 410 g/mol. The SMILES string of the molecule is CCn1c(SCC(=O)N(CCC(N)=O)c2ccccc2)nc2ccccc2c1=O. The van der Waals surface area contributed by atoms with E-state index < -0.39 is 5.91 Å². The first-order valence-electron chi connectivity index (χ1n) is 9.27. The molecule has 2 aromatic carbocycles. The van der Waals surface area contributed by atoms with Crippen LogP contribution < -0.4 is 16.2 Å². The molecule has 3 aromatic rings. The van der Waals surface area contributed by atoms with E-state index in [4.69, 9.17) is 5.73 Å². The highest BCUT2D eigenvalue weighted by molar-refractivity contribution is 7.99. The van der Waals surface area contributed by atoms with Crippen LogP contribution in [0.25, 0.3) is 10.9 Å². The van der Waals surface area contributed by atoms with E-state index in [1.54, 1.807) is 34.9 Å². The van der Waals surface area contributed by atoms with Gasteiger partial charge in [0.15, 0.2) is 5.16 Å². The summed E-state index contributed by atoms with van der Waals surface area (Å²) in [6.45, 7) is 2.52. The number of thioether (sulfide) groups is 1. The Balaban J connectivity index is 1.84. The minimum atomic E-state index is -0.470. The van der Waals surface area contributed by atoms with E-state index in [1.165, 1.54) is 16.7 Å². The third-order valence-electron chi connectivity index (χ3n) is 4.42. The summed E-state index contributed by atoms with van der Waals surface area (Å²) >= 11 is 1.21. The van der Waals surface area contributed by atoms with Crippen molar-refractivity contribution < 1.29 is 9.59 Å². The molecule has 0 aliphatic rings. The van der Waals surface area contributed by atoms with Gasteiger partial charge in [-0.05, 0) is 31.2 Å². The fourth-order valence-electron chi connectivity index (χ4n) is 2.97. The van der Waals surface area contributed by atoms with Crippen molar-refractivity contribution in [1.82, 2.24) is 9.55 Å². The van der Waals surface area contributed by atoms with Crippen molar-refractivity contribution in [2.45, 2.75) is 25.0 Å². The molecule has 0 bridgehead atoms. The van der Waals surface area contributed by atoms with Gasteiger partial charge in [-0.3, -0.25) is 19.0 Å². The Morgan fingerprint density at radius 3 is 2.48 bits per heavy atom. The van der Waals surface area contributed by atoms with Crippen molar-refractivity contribution in [2.75, 3.05) is 17.2 Å². The molecule has 8 heteroatoms. The third-order valence-corrected chi connectivity index (χ3v) is 5.38. The molecule has 0 saturated heterocycles. The number of amides is 2. The average Bonchev–Trinajstić information content (AvgIpc) is 2.73. The smallest absolute Gasteiger partial charge is 0.262 e. The number of carbonyl (C=O) groups excluding carboxylic acids is 2. The summed E-state index contributed by atoms with van der Waals surface area (Å²) in [6, 6.07) is 16.3.